The van der Waals surface area contributed by atoms with E-state index in [4.69, 9.17) is 4.74 Å². The Labute approximate surface area is 182 Å². The standard InChI is InChI=1S/C24H28N3O4/c1-23(2)14-21(15-24(3,4)27(23)30)31-22(29)26-20-11-7-18(8-12-20)13-17-5-9-19(10-6-17)25-16-28/h5-12,21H,13-15H2,1-4H3,(H,26,29). The number of amides is 1. The fourth-order valence-corrected chi connectivity index (χ4v) is 4.24. The molecule has 7 heteroatoms. The third-order valence-electron chi connectivity index (χ3n) is 5.55. The van der Waals surface area contributed by atoms with Gasteiger partial charge in [-0.25, -0.2) is 9.59 Å². The van der Waals surface area contributed by atoms with Crippen LogP contribution in [0, 0.1) is 0 Å². The van der Waals surface area contributed by atoms with Crippen molar-refractivity contribution >= 4 is 23.5 Å². The lowest BCUT2D eigenvalue weighted by Gasteiger charge is -2.49. The smallest absolute Gasteiger partial charge is 0.411 e. The Morgan fingerprint density at radius 2 is 1.55 bits per heavy atom. The molecule has 0 saturated carbocycles. The second kappa shape index (κ2) is 9.02. The molecular weight excluding hydrogens is 394 g/mol. The first-order valence-electron chi connectivity index (χ1n) is 10.3. The van der Waals surface area contributed by atoms with Crippen LogP contribution in [-0.2, 0) is 21.2 Å². The zero-order valence-electron chi connectivity index (χ0n) is 18.3. The number of nitrogens with zero attached hydrogens (tertiary/aromatic N) is 2. The number of carbonyl (C=O) groups excluding carboxylic acids is 2. The van der Waals surface area contributed by atoms with Gasteiger partial charge in [-0.05, 0) is 69.5 Å². The van der Waals surface area contributed by atoms with Gasteiger partial charge in [0.2, 0.25) is 6.08 Å². The van der Waals surface area contributed by atoms with Crippen LogP contribution in [0.15, 0.2) is 53.5 Å². The lowest BCUT2D eigenvalue weighted by Crippen LogP contribution is -2.60. The first kappa shape index (κ1) is 22.7. The first-order valence-corrected chi connectivity index (χ1v) is 10.3. The number of nitrogens with one attached hydrogen (secondary N) is 1. The van der Waals surface area contributed by atoms with Gasteiger partial charge in [-0.2, -0.15) is 4.99 Å². The fourth-order valence-electron chi connectivity index (χ4n) is 4.24. The van der Waals surface area contributed by atoms with Crippen molar-refractivity contribution in [2.75, 3.05) is 5.32 Å². The van der Waals surface area contributed by atoms with Crippen LogP contribution in [0.1, 0.15) is 51.7 Å². The number of hydroxylamine groups is 2. The van der Waals surface area contributed by atoms with Gasteiger partial charge >= 0.3 is 6.09 Å². The number of aliphatic imine (C=N–C) groups is 1. The molecule has 0 spiro atoms. The second-order valence-corrected chi connectivity index (χ2v) is 9.22. The van der Waals surface area contributed by atoms with Crippen molar-refractivity contribution in [3.63, 3.8) is 0 Å². The number of hydrogen-bond donors (Lipinski definition) is 1. The number of rotatable bonds is 5. The van der Waals surface area contributed by atoms with Crippen molar-refractivity contribution in [1.82, 2.24) is 5.06 Å². The monoisotopic (exact) mass is 422 g/mol. The summed E-state index contributed by atoms with van der Waals surface area (Å²) in [6.45, 7) is 7.49. The highest BCUT2D eigenvalue weighted by Gasteiger charge is 2.47. The molecule has 1 N–H and O–H groups in total. The van der Waals surface area contributed by atoms with E-state index in [2.05, 4.69) is 10.3 Å². The Bertz CT molecular complexity index is 943. The Balaban J connectivity index is 1.56. The quantitative estimate of drug-likeness (QED) is 0.532. The van der Waals surface area contributed by atoms with Gasteiger partial charge in [0.05, 0.1) is 5.69 Å². The van der Waals surface area contributed by atoms with E-state index < -0.39 is 17.2 Å². The number of carbonyl (C=O) groups is 1. The van der Waals surface area contributed by atoms with Gasteiger partial charge in [0.25, 0.3) is 0 Å². The van der Waals surface area contributed by atoms with Crippen LogP contribution in [0.5, 0.6) is 0 Å². The summed E-state index contributed by atoms with van der Waals surface area (Å²) in [5.74, 6) is 0. The summed E-state index contributed by atoms with van der Waals surface area (Å²) in [5.41, 5.74) is 2.20. The highest BCUT2D eigenvalue weighted by atomic mass is 16.6. The molecule has 7 nitrogen and oxygen atoms in total. The minimum atomic E-state index is -0.591. The van der Waals surface area contributed by atoms with Crippen LogP contribution in [0.25, 0.3) is 0 Å². The van der Waals surface area contributed by atoms with Crippen LogP contribution < -0.4 is 5.32 Å². The predicted molar refractivity (Wildman–Crippen MR) is 117 cm³/mol. The fraction of sp³-hybridized carbons (Fsp3) is 0.417. The van der Waals surface area contributed by atoms with Crippen LogP contribution in [0.4, 0.5) is 16.2 Å². The van der Waals surface area contributed by atoms with E-state index in [1.807, 2.05) is 64.1 Å². The number of anilines is 1. The molecule has 2 aromatic rings. The molecule has 0 aromatic heterocycles. The zero-order valence-corrected chi connectivity index (χ0v) is 18.3. The lowest BCUT2D eigenvalue weighted by atomic mass is 9.80. The maximum Gasteiger partial charge on any atom is 0.411 e. The summed E-state index contributed by atoms with van der Waals surface area (Å²) in [6, 6.07) is 14.9. The average Bonchev–Trinajstić information content (AvgIpc) is 2.69. The SMILES string of the molecule is CC1(C)CC(OC(=O)Nc2ccc(Cc3ccc(N=C=O)cc3)cc2)CC(C)(C)N1[O]. The molecule has 0 unspecified atom stereocenters. The summed E-state index contributed by atoms with van der Waals surface area (Å²) in [7, 11) is 0. The van der Waals surface area contributed by atoms with Crippen molar-refractivity contribution in [1.29, 1.82) is 0 Å². The molecule has 1 heterocycles. The van der Waals surface area contributed by atoms with E-state index in [1.54, 1.807) is 12.1 Å². The van der Waals surface area contributed by atoms with Gasteiger partial charge in [0, 0.05) is 29.6 Å². The summed E-state index contributed by atoms with van der Waals surface area (Å²) < 4.78 is 5.62. The predicted octanol–water partition coefficient (Wildman–Crippen LogP) is 5.16. The molecule has 2 aromatic carbocycles. The molecule has 1 amide bonds. The van der Waals surface area contributed by atoms with Crippen LogP contribution in [0.2, 0.25) is 0 Å². The minimum absolute atomic E-state index is 0.319. The molecule has 1 aliphatic heterocycles. The van der Waals surface area contributed by atoms with Crippen molar-refractivity contribution in [2.45, 2.75) is 64.1 Å². The van der Waals surface area contributed by atoms with Crippen molar-refractivity contribution < 1.29 is 19.5 Å². The zero-order chi connectivity index (χ0) is 22.6. The maximum absolute atomic E-state index is 12.4. The average molecular weight is 423 g/mol. The second-order valence-electron chi connectivity index (χ2n) is 9.22. The summed E-state index contributed by atoms with van der Waals surface area (Å²) in [4.78, 5) is 26.3. The maximum atomic E-state index is 12.4. The van der Waals surface area contributed by atoms with E-state index in [-0.39, 0.29) is 6.10 Å². The number of benzene rings is 2. The summed E-state index contributed by atoms with van der Waals surface area (Å²) in [6.07, 6.45) is 2.38. The highest BCUT2D eigenvalue weighted by Crippen LogP contribution is 2.38. The lowest BCUT2D eigenvalue weighted by molar-refractivity contribution is -0.297. The van der Waals surface area contributed by atoms with E-state index in [1.165, 1.54) is 6.08 Å². The molecule has 163 valence electrons. The number of ether oxygens (including phenoxy) is 1. The van der Waals surface area contributed by atoms with Gasteiger partial charge in [-0.15, -0.1) is 10.3 Å². The van der Waals surface area contributed by atoms with Gasteiger partial charge in [0.15, 0.2) is 0 Å². The molecule has 1 aliphatic rings. The molecular formula is C24H28N3O4. The molecule has 0 bridgehead atoms. The van der Waals surface area contributed by atoms with Gasteiger partial charge in [-0.1, -0.05) is 24.3 Å². The molecule has 1 fully saturated rings. The Kier molecular flexibility index (Phi) is 6.60. The number of piperidine rings is 1. The minimum Gasteiger partial charge on any atom is -0.446 e. The van der Waals surface area contributed by atoms with E-state index >= 15 is 0 Å². The summed E-state index contributed by atoms with van der Waals surface area (Å²) >= 11 is 0. The first-order chi connectivity index (χ1) is 14.6. The van der Waals surface area contributed by atoms with E-state index in [9.17, 15) is 14.8 Å². The van der Waals surface area contributed by atoms with Gasteiger partial charge in [0.1, 0.15) is 6.10 Å². The van der Waals surface area contributed by atoms with Crippen LogP contribution in [-0.4, -0.2) is 34.4 Å². The van der Waals surface area contributed by atoms with E-state index in [0.717, 1.165) is 16.2 Å². The summed E-state index contributed by atoms with van der Waals surface area (Å²) in [5, 5.41) is 16.3. The normalized spacial score (nSPS) is 18.1. The Morgan fingerprint density at radius 3 is 2.06 bits per heavy atom. The van der Waals surface area contributed by atoms with Crippen LogP contribution in [0.3, 0.4) is 0 Å². The molecule has 0 aliphatic carbocycles. The third-order valence-corrected chi connectivity index (χ3v) is 5.55. The van der Waals surface area contributed by atoms with Gasteiger partial charge in [-0.3, -0.25) is 5.32 Å². The number of hydrogen-bond acceptors (Lipinski definition) is 5. The highest BCUT2D eigenvalue weighted by molar-refractivity contribution is 5.84. The molecule has 1 radical (unpaired) electrons. The van der Waals surface area contributed by atoms with Crippen LogP contribution >= 0.6 is 0 Å². The molecule has 1 saturated heterocycles. The molecule has 3 rings (SSSR count). The Hall–Kier alpha value is -2.99. The number of isocyanates is 1. The Morgan fingerprint density at radius 1 is 1.03 bits per heavy atom. The van der Waals surface area contributed by atoms with Crippen molar-refractivity contribution in [2.24, 2.45) is 4.99 Å². The van der Waals surface area contributed by atoms with Crippen molar-refractivity contribution in [3.05, 3.63) is 59.7 Å². The van der Waals surface area contributed by atoms with E-state index in [0.29, 0.717) is 30.6 Å². The molecule has 0 atom stereocenters. The van der Waals surface area contributed by atoms with Gasteiger partial charge < -0.3 is 4.74 Å². The topological polar surface area (TPSA) is 90.9 Å². The third kappa shape index (κ3) is 5.79. The van der Waals surface area contributed by atoms with Crippen molar-refractivity contribution in [3.8, 4) is 0 Å². The largest absolute Gasteiger partial charge is 0.446 e. The molecule has 31 heavy (non-hydrogen) atoms.